The van der Waals surface area contributed by atoms with Gasteiger partial charge in [-0.1, -0.05) is 6.07 Å². The maximum atomic E-state index is 11.7. The fraction of sp³-hybridized carbons (Fsp3) is 0. The van der Waals surface area contributed by atoms with Gasteiger partial charge in [-0.2, -0.15) is 0 Å². The molecule has 7 heteroatoms. The first-order chi connectivity index (χ1) is 10.9. The van der Waals surface area contributed by atoms with Crippen molar-refractivity contribution in [3.05, 3.63) is 53.6 Å². The number of rotatable bonds is 4. The Labute approximate surface area is 130 Å². The van der Waals surface area contributed by atoms with Crippen LogP contribution in [0.25, 0.3) is 6.08 Å². The molecule has 0 atom stereocenters. The number of hydrogen-bond acceptors (Lipinski definition) is 6. The second-order valence-corrected chi connectivity index (χ2v) is 4.49. The van der Waals surface area contributed by atoms with Crippen LogP contribution >= 0.6 is 0 Å². The summed E-state index contributed by atoms with van der Waals surface area (Å²) in [6.07, 6.45) is 2.39. The summed E-state index contributed by atoms with van der Waals surface area (Å²) in [7, 11) is 0. The molecule has 0 heterocycles. The third kappa shape index (κ3) is 4.01. The van der Waals surface area contributed by atoms with E-state index in [2.05, 4.69) is 0 Å². The summed E-state index contributed by atoms with van der Waals surface area (Å²) < 4.78 is 4.88. The summed E-state index contributed by atoms with van der Waals surface area (Å²) in [5.74, 6) is -3.30. The summed E-state index contributed by atoms with van der Waals surface area (Å²) in [6, 6.07) is 7.29. The number of phenolic OH excluding ortho intramolecular Hbond substituents is 3. The molecule has 0 aromatic heterocycles. The summed E-state index contributed by atoms with van der Waals surface area (Å²) in [4.78, 5) is 22.4. The summed E-state index contributed by atoms with van der Waals surface area (Å²) in [5.41, 5.74) is 0.306. The second-order valence-electron chi connectivity index (χ2n) is 4.49. The lowest BCUT2D eigenvalue weighted by Crippen LogP contribution is -2.04. The molecule has 0 saturated heterocycles. The van der Waals surface area contributed by atoms with Gasteiger partial charge in [0.25, 0.3) is 0 Å². The van der Waals surface area contributed by atoms with Crippen molar-refractivity contribution in [2.75, 3.05) is 0 Å². The van der Waals surface area contributed by atoms with Gasteiger partial charge < -0.3 is 25.2 Å². The Balaban J connectivity index is 2.08. The van der Waals surface area contributed by atoms with Gasteiger partial charge in [-0.3, -0.25) is 0 Å². The van der Waals surface area contributed by atoms with Gasteiger partial charge in [0.05, 0.1) is 5.56 Å². The van der Waals surface area contributed by atoms with Gasteiger partial charge in [-0.25, -0.2) is 9.59 Å². The topological polar surface area (TPSA) is 124 Å². The van der Waals surface area contributed by atoms with Crippen molar-refractivity contribution >= 4 is 18.0 Å². The molecule has 2 aromatic carbocycles. The van der Waals surface area contributed by atoms with Crippen LogP contribution in [0.15, 0.2) is 42.5 Å². The largest absolute Gasteiger partial charge is 0.504 e. The van der Waals surface area contributed by atoms with Gasteiger partial charge in [0.2, 0.25) is 0 Å². The van der Waals surface area contributed by atoms with E-state index in [0.29, 0.717) is 5.56 Å². The number of carbonyl (C=O) groups is 2. The minimum absolute atomic E-state index is 0.141. The van der Waals surface area contributed by atoms with Crippen LogP contribution in [0.3, 0.4) is 0 Å². The van der Waals surface area contributed by atoms with E-state index in [9.17, 15) is 24.9 Å². The molecule has 0 bridgehead atoms. The molecule has 0 spiro atoms. The highest BCUT2D eigenvalue weighted by atomic mass is 16.5. The predicted octanol–water partition coefficient (Wildman–Crippen LogP) is 2.12. The zero-order valence-corrected chi connectivity index (χ0v) is 11.6. The third-order valence-corrected chi connectivity index (χ3v) is 2.83. The van der Waals surface area contributed by atoms with Crippen LogP contribution in [0.5, 0.6) is 23.0 Å². The van der Waals surface area contributed by atoms with E-state index < -0.39 is 17.7 Å². The summed E-state index contributed by atoms with van der Waals surface area (Å²) >= 11 is 0. The van der Waals surface area contributed by atoms with Crippen molar-refractivity contribution in [3.63, 3.8) is 0 Å². The Morgan fingerprint density at radius 3 is 2.26 bits per heavy atom. The highest BCUT2D eigenvalue weighted by Gasteiger charge is 2.10. The van der Waals surface area contributed by atoms with E-state index in [0.717, 1.165) is 18.2 Å². The van der Waals surface area contributed by atoms with Gasteiger partial charge in [0.1, 0.15) is 0 Å². The first kappa shape index (κ1) is 15.9. The number of benzene rings is 2. The number of phenols is 3. The van der Waals surface area contributed by atoms with E-state index in [-0.39, 0.29) is 22.8 Å². The monoisotopic (exact) mass is 316 g/mol. The van der Waals surface area contributed by atoms with Crippen molar-refractivity contribution < 1.29 is 34.8 Å². The third-order valence-electron chi connectivity index (χ3n) is 2.83. The fourth-order valence-corrected chi connectivity index (χ4v) is 1.69. The van der Waals surface area contributed by atoms with Crippen LogP contribution in [0.2, 0.25) is 0 Å². The van der Waals surface area contributed by atoms with E-state index in [1.165, 1.54) is 30.3 Å². The van der Waals surface area contributed by atoms with E-state index in [1.807, 2.05) is 0 Å². The van der Waals surface area contributed by atoms with Gasteiger partial charge in [-0.15, -0.1) is 0 Å². The lowest BCUT2D eigenvalue weighted by Gasteiger charge is -2.05. The quantitative estimate of drug-likeness (QED) is 0.295. The van der Waals surface area contributed by atoms with Crippen LogP contribution in [0.4, 0.5) is 0 Å². The standard InChI is InChI=1S/C16H12O7/c17-11-4-1-9(7-12(11)18)2-6-15(20)23-14-5-3-10(16(21)22)8-13(14)19/h1-8,17-19H,(H,21,22)/b6-2+. The zero-order chi connectivity index (χ0) is 17.0. The average molecular weight is 316 g/mol. The molecule has 0 unspecified atom stereocenters. The SMILES string of the molecule is O=C(/C=C/c1ccc(O)c(O)c1)Oc1ccc(C(=O)O)cc1O. The molecule has 2 aromatic rings. The Bertz CT molecular complexity index is 793. The first-order valence-corrected chi connectivity index (χ1v) is 6.35. The summed E-state index contributed by atoms with van der Waals surface area (Å²) in [5, 5.41) is 36.9. The van der Waals surface area contributed by atoms with Crippen LogP contribution in [-0.4, -0.2) is 32.4 Å². The number of ether oxygens (including phenoxy) is 1. The highest BCUT2D eigenvalue weighted by Crippen LogP contribution is 2.27. The molecular weight excluding hydrogens is 304 g/mol. The number of carbonyl (C=O) groups excluding carboxylic acids is 1. The van der Waals surface area contributed by atoms with Crippen molar-refractivity contribution in [1.82, 2.24) is 0 Å². The molecule has 0 radical (unpaired) electrons. The number of carboxylic acids is 1. The van der Waals surface area contributed by atoms with Gasteiger partial charge >= 0.3 is 11.9 Å². The van der Waals surface area contributed by atoms with Gasteiger partial charge in [0.15, 0.2) is 23.0 Å². The van der Waals surface area contributed by atoms with Crippen molar-refractivity contribution in [2.45, 2.75) is 0 Å². The maximum absolute atomic E-state index is 11.7. The van der Waals surface area contributed by atoms with Gasteiger partial charge in [-0.05, 0) is 42.0 Å². The van der Waals surface area contributed by atoms with Crippen LogP contribution in [0.1, 0.15) is 15.9 Å². The van der Waals surface area contributed by atoms with E-state index >= 15 is 0 Å². The van der Waals surface area contributed by atoms with Crippen molar-refractivity contribution in [2.24, 2.45) is 0 Å². The van der Waals surface area contributed by atoms with Gasteiger partial charge in [0, 0.05) is 6.08 Å². The smallest absolute Gasteiger partial charge is 0.336 e. The number of aromatic hydroxyl groups is 3. The molecule has 2 rings (SSSR count). The molecule has 0 amide bonds. The number of carboxylic acid groups (broad SMARTS) is 1. The molecular formula is C16H12O7. The Morgan fingerprint density at radius 1 is 0.913 bits per heavy atom. The Kier molecular flexibility index (Phi) is 4.51. The predicted molar refractivity (Wildman–Crippen MR) is 79.5 cm³/mol. The molecule has 0 saturated carbocycles. The fourth-order valence-electron chi connectivity index (χ4n) is 1.69. The average Bonchev–Trinajstić information content (AvgIpc) is 2.50. The van der Waals surface area contributed by atoms with Crippen molar-refractivity contribution in [1.29, 1.82) is 0 Å². The molecule has 23 heavy (non-hydrogen) atoms. The minimum Gasteiger partial charge on any atom is -0.504 e. The molecule has 0 fully saturated rings. The lowest BCUT2D eigenvalue weighted by atomic mass is 10.2. The molecule has 0 aliphatic heterocycles. The first-order valence-electron chi connectivity index (χ1n) is 6.35. The maximum Gasteiger partial charge on any atom is 0.336 e. The Hall–Kier alpha value is -3.48. The lowest BCUT2D eigenvalue weighted by molar-refractivity contribution is -0.129. The normalized spacial score (nSPS) is 10.6. The van der Waals surface area contributed by atoms with Crippen LogP contribution < -0.4 is 4.74 Å². The number of aromatic carboxylic acids is 1. The molecule has 118 valence electrons. The minimum atomic E-state index is -1.22. The second kappa shape index (κ2) is 6.52. The zero-order valence-electron chi connectivity index (χ0n) is 11.6. The molecule has 7 nitrogen and oxygen atoms in total. The molecule has 0 aliphatic rings. The number of esters is 1. The summed E-state index contributed by atoms with van der Waals surface area (Å²) in [6.45, 7) is 0. The van der Waals surface area contributed by atoms with Crippen LogP contribution in [-0.2, 0) is 4.79 Å². The molecule has 0 aliphatic carbocycles. The molecule has 4 N–H and O–H groups in total. The number of hydrogen-bond donors (Lipinski definition) is 4. The van der Waals surface area contributed by atoms with E-state index in [4.69, 9.17) is 9.84 Å². The highest BCUT2D eigenvalue weighted by molar-refractivity contribution is 5.90. The van der Waals surface area contributed by atoms with Crippen LogP contribution in [0, 0.1) is 0 Å². The Morgan fingerprint density at radius 2 is 1.65 bits per heavy atom. The van der Waals surface area contributed by atoms with Crippen molar-refractivity contribution in [3.8, 4) is 23.0 Å². The van der Waals surface area contributed by atoms with E-state index in [1.54, 1.807) is 0 Å².